The van der Waals surface area contributed by atoms with Crippen molar-refractivity contribution in [2.45, 2.75) is 38.3 Å². The van der Waals surface area contributed by atoms with Gasteiger partial charge in [0, 0.05) is 18.6 Å². The first kappa shape index (κ1) is 27.2. The van der Waals surface area contributed by atoms with E-state index in [4.69, 9.17) is 11.6 Å². The van der Waals surface area contributed by atoms with Crippen molar-refractivity contribution < 1.29 is 18.0 Å². The molecule has 7 nitrogen and oxygen atoms in total. The van der Waals surface area contributed by atoms with Crippen LogP contribution in [-0.2, 0) is 26.2 Å². The smallest absolute Gasteiger partial charge is 0.264 e. The zero-order chi connectivity index (χ0) is 26.5. The lowest BCUT2D eigenvalue weighted by Crippen LogP contribution is -2.50. The molecule has 1 N–H and O–H groups in total. The fraction of sp³-hybridized carbons (Fsp3) is 0.259. The number of anilines is 1. The van der Waals surface area contributed by atoms with Crippen LogP contribution in [0, 0.1) is 13.8 Å². The molecule has 0 aliphatic heterocycles. The summed E-state index contributed by atoms with van der Waals surface area (Å²) in [5, 5.41) is 3.01. The number of aryl methyl sites for hydroxylation is 2. The van der Waals surface area contributed by atoms with Gasteiger partial charge < -0.3 is 10.2 Å². The van der Waals surface area contributed by atoms with E-state index in [2.05, 4.69) is 5.32 Å². The van der Waals surface area contributed by atoms with E-state index in [0.29, 0.717) is 21.8 Å². The van der Waals surface area contributed by atoms with Gasteiger partial charge in [0.05, 0.1) is 10.6 Å². The van der Waals surface area contributed by atoms with Gasteiger partial charge in [-0.2, -0.15) is 0 Å². The van der Waals surface area contributed by atoms with E-state index in [1.807, 2.05) is 19.1 Å². The molecule has 0 saturated heterocycles. The predicted octanol–water partition coefficient (Wildman–Crippen LogP) is 4.32. The molecule has 36 heavy (non-hydrogen) atoms. The summed E-state index contributed by atoms with van der Waals surface area (Å²) < 4.78 is 28.7. The minimum atomic E-state index is -4.10. The average molecular weight is 528 g/mol. The highest BCUT2D eigenvalue weighted by molar-refractivity contribution is 7.92. The van der Waals surface area contributed by atoms with Crippen molar-refractivity contribution in [1.82, 2.24) is 10.2 Å². The standard InChI is InChI=1S/C27H30ClN3O4S/c1-19-14-15-20(2)25(16-19)31(36(34,35)23-11-6-5-7-12-23)18-26(32)30(21(3)27(33)29-4)17-22-10-8-9-13-24(22)28/h5-16,21H,17-18H2,1-4H3,(H,29,33)/t21-/m1/s1. The van der Waals surface area contributed by atoms with Crippen LogP contribution in [0.1, 0.15) is 23.6 Å². The van der Waals surface area contributed by atoms with Crippen LogP contribution in [0.4, 0.5) is 5.69 Å². The summed E-state index contributed by atoms with van der Waals surface area (Å²) >= 11 is 6.34. The monoisotopic (exact) mass is 527 g/mol. The molecule has 0 aromatic heterocycles. The largest absolute Gasteiger partial charge is 0.357 e. The van der Waals surface area contributed by atoms with E-state index in [-0.39, 0.29) is 17.3 Å². The van der Waals surface area contributed by atoms with Crippen molar-refractivity contribution >= 4 is 39.1 Å². The molecule has 0 aliphatic rings. The predicted molar refractivity (Wildman–Crippen MR) is 142 cm³/mol. The van der Waals surface area contributed by atoms with Crippen molar-refractivity contribution in [3.05, 3.63) is 94.5 Å². The molecule has 190 valence electrons. The quantitative estimate of drug-likeness (QED) is 0.449. The number of rotatable bonds is 9. The number of hydrogen-bond acceptors (Lipinski definition) is 4. The Bertz CT molecular complexity index is 1350. The van der Waals surface area contributed by atoms with Crippen molar-refractivity contribution in [2.75, 3.05) is 17.9 Å². The van der Waals surface area contributed by atoms with E-state index in [1.54, 1.807) is 62.4 Å². The zero-order valence-corrected chi connectivity index (χ0v) is 22.3. The van der Waals surface area contributed by atoms with Crippen LogP contribution >= 0.6 is 11.6 Å². The number of carbonyl (C=O) groups is 2. The molecule has 3 aromatic rings. The second kappa shape index (κ2) is 11.6. The van der Waals surface area contributed by atoms with Gasteiger partial charge in [0.1, 0.15) is 12.6 Å². The van der Waals surface area contributed by atoms with Crippen LogP contribution in [0.15, 0.2) is 77.7 Å². The van der Waals surface area contributed by atoms with Gasteiger partial charge in [0.25, 0.3) is 10.0 Å². The number of likely N-dealkylation sites (N-methyl/N-ethyl adjacent to an activating group) is 1. The van der Waals surface area contributed by atoms with Gasteiger partial charge in [-0.15, -0.1) is 0 Å². The van der Waals surface area contributed by atoms with Crippen molar-refractivity contribution in [3.63, 3.8) is 0 Å². The molecule has 3 aromatic carbocycles. The lowest BCUT2D eigenvalue weighted by atomic mass is 10.1. The second-order valence-corrected chi connectivity index (χ2v) is 10.8. The van der Waals surface area contributed by atoms with Gasteiger partial charge >= 0.3 is 0 Å². The third-order valence-corrected chi connectivity index (χ3v) is 8.10. The number of carbonyl (C=O) groups excluding carboxylic acids is 2. The maximum Gasteiger partial charge on any atom is 0.264 e. The second-order valence-electron chi connectivity index (χ2n) is 8.52. The first-order valence-electron chi connectivity index (χ1n) is 11.5. The highest BCUT2D eigenvalue weighted by Crippen LogP contribution is 2.28. The van der Waals surface area contributed by atoms with E-state index in [1.165, 1.54) is 24.1 Å². The van der Waals surface area contributed by atoms with Crippen LogP contribution in [0.5, 0.6) is 0 Å². The van der Waals surface area contributed by atoms with Gasteiger partial charge in [0.2, 0.25) is 11.8 Å². The summed E-state index contributed by atoms with van der Waals surface area (Å²) in [5.74, 6) is -0.911. The number of nitrogens with zero attached hydrogens (tertiary/aromatic N) is 2. The molecule has 0 aliphatic carbocycles. The summed E-state index contributed by atoms with van der Waals surface area (Å²) in [6, 6.07) is 19.6. The number of halogens is 1. The van der Waals surface area contributed by atoms with Gasteiger partial charge in [-0.05, 0) is 61.7 Å². The van der Waals surface area contributed by atoms with Crippen molar-refractivity contribution in [3.8, 4) is 0 Å². The molecule has 2 amide bonds. The zero-order valence-electron chi connectivity index (χ0n) is 20.7. The molecule has 0 unspecified atom stereocenters. The van der Waals surface area contributed by atoms with Crippen LogP contribution in [0.3, 0.4) is 0 Å². The summed E-state index contributed by atoms with van der Waals surface area (Å²) in [6.07, 6.45) is 0. The average Bonchev–Trinajstić information content (AvgIpc) is 2.87. The Morgan fingerprint density at radius 3 is 2.25 bits per heavy atom. The Morgan fingerprint density at radius 2 is 1.61 bits per heavy atom. The van der Waals surface area contributed by atoms with Crippen LogP contribution in [-0.4, -0.2) is 44.8 Å². The van der Waals surface area contributed by atoms with E-state index in [9.17, 15) is 18.0 Å². The summed E-state index contributed by atoms with van der Waals surface area (Å²) in [5.41, 5.74) is 2.60. The molecule has 1 atom stereocenters. The SMILES string of the molecule is CNC(=O)[C@@H](C)N(Cc1ccccc1Cl)C(=O)CN(c1cc(C)ccc1C)S(=O)(=O)c1ccccc1. The Labute approximate surface area is 217 Å². The molecule has 0 spiro atoms. The maximum atomic E-state index is 13.8. The molecule has 0 fully saturated rings. The normalized spacial score (nSPS) is 12.0. The minimum absolute atomic E-state index is 0.0408. The van der Waals surface area contributed by atoms with E-state index < -0.39 is 28.5 Å². The number of hydrogen-bond donors (Lipinski definition) is 1. The molecule has 0 bridgehead atoms. The molecular formula is C27H30ClN3O4S. The number of sulfonamides is 1. The summed E-state index contributed by atoms with van der Waals surface area (Å²) in [4.78, 5) is 27.7. The molecule has 0 heterocycles. The first-order chi connectivity index (χ1) is 17.1. The molecule has 0 saturated carbocycles. The molecular weight excluding hydrogens is 498 g/mol. The van der Waals surface area contributed by atoms with Crippen molar-refractivity contribution in [1.29, 1.82) is 0 Å². The summed E-state index contributed by atoms with van der Waals surface area (Å²) in [6.45, 7) is 4.80. The highest BCUT2D eigenvalue weighted by Gasteiger charge is 2.33. The molecule has 0 radical (unpaired) electrons. The maximum absolute atomic E-state index is 13.8. The van der Waals surface area contributed by atoms with Crippen LogP contribution < -0.4 is 9.62 Å². The Kier molecular flexibility index (Phi) is 8.76. The fourth-order valence-electron chi connectivity index (χ4n) is 3.82. The highest BCUT2D eigenvalue weighted by atomic mass is 35.5. The Morgan fingerprint density at radius 1 is 0.972 bits per heavy atom. The van der Waals surface area contributed by atoms with Gasteiger partial charge in [-0.3, -0.25) is 13.9 Å². The van der Waals surface area contributed by atoms with Crippen LogP contribution in [0.2, 0.25) is 5.02 Å². The van der Waals surface area contributed by atoms with Crippen molar-refractivity contribution in [2.24, 2.45) is 0 Å². The molecule has 3 rings (SSSR count). The van der Waals surface area contributed by atoms with Gasteiger partial charge in [0.15, 0.2) is 0 Å². The van der Waals surface area contributed by atoms with E-state index >= 15 is 0 Å². The van der Waals surface area contributed by atoms with Gasteiger partial charge in [-0.25, -0.2) is 8.42 Å². The topological polar surface area (TPSA) is 86.8 Å². The minimum Gasteiger partial charge on any atom is -0.357 e. The Balaban J connectivity index is 2.08. The number of amides is 2. The first-order valence-corrected chi connectivity index (χ1v) is 13.3. The third kappa shape index (κ3) is 6.06. The fourth-order valence-corrected chi connectivity index (χ4v) is 5.51. The number of benzene rings is 3. The number of nitrogens with one attached hydrogen (secondary N) is 1. The van der Waals surface area contributed by atoms with Crippen LogP contribution in [0.25, 0.3) is 0 Å². The summed E-state index contributed by atoms with van der Waals surface area (Å²) in [7, 11) is -2.61. The Hall–Kier alpha value is -3.36. The lowest BCUT2D eigenvalue weighted by molar-refractivity contribution is -0.139. The third-order valence-electron chi connectivity index (χ3n) is 5.96. The van der Waals surface area contributed by atoms with Gasteiger partial charge in [-0.1, -0.05) is 60.1 Å². The van der Waals surface area contributed by atoms with E-state index in [0.717, 1.165) is 9.87 Å². The lowest BCUT2D eigenvalue weighted by Gasteiger charge is -2.32. The molecule has 9 heteroatoms.